The molecule has 0 aliphatic rings. The van der Waals surface area contributed by atoms with E-state index in [1.165, 1.54) is 18.3 Å². The Bertz CT molecular complexity index is 422. The summed E-state index contributed by atoms with van der Waals surface area (Å²) in [4.78, 5) is 4.67. The number of alkyl halides is 3. The van der Waals surface area contributed by atoms with Crippen LogP contribution in [0.15, 0.2) is 18.3 Å². The predicted octanol–water partition coefficient (Wildman–Crippen LogP) is 0.727. The molecule has 1 aromatic rings. The highest BCUT2D eigenvalue weighted by molar-refractivity contribution is 5.95. The summed E-state index contributed by atoms with van der Waals surface area (Å²) in [6.07, 6.45) is -3.13. The van der Waals surface area contributed by atoms with Crippen LogP contribution in [0.5, 0.6) is 0 Å². The van der Waals surface area contributed by atoms with Gasteiger partial charge in [-0.05, 0) is 12.1 Å². The summed E-state index contributed by atoms with van der Waals surface area (Å²) in [5.41, 5.74) is 5.53. The van der Waals surface area contributed by atoms with E-state index in [9.17, 15) is 13.2 Å². The Hall–Kier alpha value is -1.83. The molecule has 1 heterocycles. The van der Waals surface area contributed by atoms with Crippen molar-refractivity contribution in [2.75, 3.05) is 24.6 Å². The molecule has 0 aromatic carbocycles. The van der Waals surface area contributed by atoms with Gasteiger partial charge >= 0.3 is 6.18 Å². The number of rotatable bonds is 5. The molecule has 0 saturated carbocycles. The highest BCUT2D eigenvalue weighted by Gasteiger charge is 2.31. The molecule has 8 heteroatoms. The van der Waals surface area contributed by atoms with Crippen molar-refractivity contribution >= 4 is 11.7 Å². The molecule has 0 atom stereocenters. The van der Waals surface area contributed by atoms with Crippen molar-refractivity contribution in [1.82, 2.24) is 4.98 Å². The van der Waals surface area contributed by atoms with Gasteiger partial charge < -0.3 is 15.7 Å². The van der Waals surface area contributed by atoms with Crippen molar-refractivity contribution in [3.8, 4) is 0 Å². The molecule has 0 saturated heterocycles. The molecule has 0 aliphatic carbocycles. The van der Waals surface area contributed by atoms with Crippen molar-refractivity contribution < 1.29 is 18.3 Å². The SMILES string of the molecule is N=C(N)c1ccnc(N(CCO)CC(F)(F)F)c1. The van der Waals surface area contributed by atoms with Crippen LogP contribution in [0, 0.1) is 5.41 Å². The smallest absolute Gasteiger partial charge is 0.395 e. The van der Waals surface area contributed by atoms with Crippen molar-refractivity contribution in [3.05, 3.63) is 23.9 Å². The van der Waals surface area contributed by atoms with E-state index in [0.29, 0.717) is 0 Å². The Labute approximate surface area is 102 Å². The summed E-state index contributed by atoms with van der Waals surface area (Å²) in [6, 6.07) is 2.71. The first-order chi connectivity index (χ1) is 8.33. The summed E-state index contributed by atoms with van der Waals surface area (Å²) in [5.74, 6) is -0.233. The first-order valence-electron chi connectivity index (χ1n) is 5.06. The standard InChI is InChI=1S/C10H13F3N4O/c11-10(12,13)6-17(3-4-18)8-5-7(9(14)15)1-2-16-8/h1-2,5,18H,3-4,6H2,(H3,14,15). The van der Waals surface area contributed by atoms with Gasteiger partial charge in [0.15, 0.2) is 0 Å². The Morgan fingerprint density at radius 1 is 1.50 bits per heavy atom. The lowest BCUT2D eigenvalue weighted by Gasteiger charge is -2.24. The molecular formula is C10H13F3N4O. The highest BCUT2D eigenvalue weighted by atomic mass is 19.4. The summed E-state index contributed by atoms with van der Waals surface area (Å²) in [6.45, 7) is -1.85. The lowest BCUT2D eigenvalue weighted by atomic mass is 10.2. The summed E-state index contributed by atoms with van der Waals surface area (Å²) < 4.78 is 37.1. The first kappa shape index (κ1) is 14.2. The third-order valence-electron chi connectivity index (χ3n) is 2.12. The number of anilines is 1. The second-order valence-corrected chi connectivity index (χ2v) is 3.58. The maximum absolute atomic E-state index is 12.4. The predicted molar refractivity (Wildman–Crippen MR) is 60.6 cm³/mol. The fourth-order valence-corrected chi connectivity index (χ4v) is 1.37. The maximum Gasteiger partial charge on any atom is 0.405 e. The lowest BCUT2D eigenvalue weighted by molar-refractivity contribution is -0.120. The van der Waals surface area contributed by atoms with E-state index in [-0.39, 0.29) is 23.8 Å². The number of pyridine rings is 1. The molecular weight excluding hydrogens is 249 g/mol. The van der Waals surface area contributed by atoms with Crippen LogP contribution in [-0.4, -0.2) is 41.8 Å². The van der Waals surface area contributed by atoms with Crippen molar-refractivity contribution in [2.24, 2.45) is 5.73 Å². The molecule has 100 valence electrons. The number of amidine groups is 1. The van der Waals surface area contributed by atoms with Gasteiger partial charge in [-0.2, -0.15) is 13.2 Å². The molecule has 0 radical (unpaired) electrons. The quantitative estimate of drug-likeness (QED) is 0.539. The molecule has 4 N–H and O–H groups in total. The van der Waals surface area contributed by atoms with Gasteiger partial charge in [-0.3, -0.25) is 5.41 Å². The molecule has 0 amide bonds. The third kappa shape index (κ3) is 4.21. The number of hydrogen-bond donors (Lipinski definition) is 3. The zero-order valence-electron chi connectivity index (χ0n) is 9.41. The maximum atomic E-state index is 12.4. The van der Waals surface area contributed by atoms with E-state index in [2.05, 4.69) is 4.98 Å². The van der Waals surface area contributed by atoms with E-state index in [0.717, 1.165) is 4.90 Å². The number of nitrogens with zero attached hydrogens (tertiary/aromatic N) is 2. The molecule has 0 spiro atoms. The number of aromatic nitrogens is 1. The Morgan fingerprint density at radius 3 is 2.67 bits per heavy atom. The van der Waals surface area contributed by atoms with Crippen LogP contribution in [-0.2, 0) is 0 Å². The Morgan fingerprint density at radius 2 is 2.17 bits per heavy atom. The van der Waals surface area contributed by atoms with Crippen LogP contribution in [0.25, 0.3) is 0 Å². The van der Waals surface area contributed by atoms with E-state index in [1.54, 1.807) is 0 Å². The van der Waals surface area contributed by atoms with E-state index >= 15 is 0 Å². The molecule has 1 aromatic heterocycles. The minimum Gasteiger partial charge on any atom is -0.395 e. The molecule has 0 aliphatic heterocycles. The second-order valence-electron chi connectivity index (χ2n) is 3.58. The average molecular weight is 262 g/mol. The number of hydrogen-bond acceptors (Lipinski definition) is 4. The minimum atomic E-state index is -4.40. The van der Waals surface area contributed by atoms with E-state index in [4.69, 9.17) is 16.2 Å². The molecule has 0 fully saturated rings. The van der Waals surface area contributed by atoms with Gasteiger partial charge in [-0.1, -0.05) is 0 Å². The van der Waals surface area contributed by atoms with Gasteiger partial charge in [-0.25, -0.2) is 4.98 Å². The Balaban J connectivity index is 2.98. The number of halogens is 3. The fraction of sp³-hybridized carbons (Fsp3) is 0.400. The van der Waals surface area contributed by atoms with Gasteiger partial charge in [0.2, 0.25) is 0 Å². The third-order valence-corrected chi connectivity index (χ3v) is 2.12. The van der Waals surface area contributed by atoms with Crippen LogP contribution < -0.4 is 10.6 Å². The average Bonchev–Trinajstić information content (AvgIpc) is 2.27. The van der Waals surface area contributed by atoms with E-state index < -0.39 is 19.3 Å². The van der Waals surface area contributed by atoms with Crippen molar-refractivity contribution in [3.63, 3.8) is 0 Å². The topological polar surface area (TPSA) is 86.2 Å². The van der Waals surface area contributed by atoms with Crippen molar-refractivity contribution in [1.29, 1.82) is 5.41 Å². The molecule has 0 unspecified atom stereocenters. The van der Waals surface area contributed by atoms with Gasteiger partial charge in [0.1, 0.15) is 18.2 Å². The fourth-order valence-electron chi connectivity index (χ4n) is 1.37. The number of aliphatic hydroxyl groups excluding tert-OH is 1. The lowest BCUT2D eigenvalue weighted by Crippen LogP contribution is -2.37. The van der Waals surface area contributed by atoms with Crippen LogP contribution in [0.2, 0.25) is 0 Å². The van der Waals surface area contributed by atoms with Gasteiger partial charge in [-0.15, -0.1) is 0 Å². The summed E-state index contributed by atoms with van der Waals surface area (Å²) in [5, 5.41) is 16.0. The highest BCUT2D eigenvalue weighted by Crippen LogP contribution is 2.20. The number of nitrogens with one attached hydrogen (secondary N) is 1. The normalized spacial score (nSPS) is 11.3. The molecule has 5 nitrogen and oxygen atoms in total. The van der Waals surface area contributed by atoms with Crippen molar-refractivity contribution in [2.45, 2.75) is 6.18 Å². The number of aliphatic hydroxyl groups is 1. The molecule has 18 heavy (non-hydrogen) atoms. The van der Waals surface area contributed by atoms with Gasteiger partial charge in [0, 0.05) is 18.3 Å². The second kappa shape index (κ2) is 5.67. The van der Waals surface area contributed by atoms with Crippen LogP contribution in [0.3, 0.4) is 0 Å². The summed E-state index contributed by atoms with van der Waals surface area (Å²) in [7, 11) is 0. The zero-order chi connectivity index (χ0) is 13.8. The number of nitrogens with two attached hydrogens (primary N) is 1. The first-order valence-corrected chi connectivity index (χ1v) is 5.06. The monoisotopic (exact) mass is 262 g/mol. The van der Waals surface area contributed by atoms with Crippen LogP contribution in [0.4, 0.5) is 19.0 Å². The summed E-state index contributed by atoms with van der Waals surface area (Å²) >= 11 is 0. The van der Waals surface area contributed by atoms with Gasteiger partial charge in [0.25, 0.3) is 0 Å². The van der Waals surface area contributed by atoms with Crippen LogP contribution >= 0.6 is 0 Å². The largest absolute Gasteiger partial charge is 0.405 e. The Kier molecular flexibility index (Phi) is 4.49. The molecule has 0 bridgehead atoms. The minimum absolute atomic E-state index is 0.0223. The van der Waals surface area contributed by atoms with E-state index in [1.807, 2.05) is 0 Å². The number of nitrogen functional groups attached to an aromatic ring is 1. The zero-order valence-corrected chi connectivity index (χ0v) is 9.41. The van der Waals surface area contributed by atoms with Crippen LogP contribution in [0.1, 0.15) is 5.56 Å². The van der Waals surface area contributed by atoms with Gasteiger partial charge in [0.05, 0.1) is 6.61 Å². The molecule has 1 rings (SSSR count).